The summed E-state index contributed by atoms with van der Waals surface area (Å²) in [6, 6.07) is 1.37. The number of nitrogens with zero attached hydrogens (tertiary/aromatic N) is 1. The number of aryl methyl sites for hydroxylation is 1. The van der Waals surface area contributed by atoms with E-state index in [1.807, 2.05) is 17.6 Å². The summed E-state index contributed by atoms with van der Waals surface area (Å²) in [6.45, 7) is 3.48. The summed E-state index contributed by atoms with van der Waals surface area (Å²) >= 11 is 0. The highest BCUT2D eigenvalue weighted by Gasteiger charge is 2.33. The average molecular weight is 260 g/mol. The number of aromatic nitrogens is 1. The molecular formula is C13H19F3N2. The van der Waals surface area contributed by atoms with Gasteiger partial charge in [-0.1, -0.05) is 0 Å². The van der Waals surface area contributed by atoms with Gasteiger partial charge in [-0.05, 0) is 44.7 Å². The lowest BCUT2D eigenvalue weighted by Gasteiger charge is -2.25. The van der Waals surface area contributed by atoms with E-state index in [1.165, 1.54) is 0 Å². The highest BCUT2D eigenvalue weighted by molar-refractivity contribution is 5.33. The van der Waals surface area contributed by atoms with Gasteiger partial charge in [-0.25, -0.2) is 0 Å². The van der Waals surface area contributed by atoms with Crippen LogP contribution in [-0.2, 0) is 6.42 Å². The molecule has 5 heteroatoms. The molecule has 0 bridgehead atoms. The molecule has 1 aliphatic carbocycles. The highest BCUT2D eigenvalue weighted by Crippen LogP contribution is 2.35. The number of hydrogen-bond donors (Lipinski definition) is 1. The first-order valence-electron chi connectivity index (χ1n) is 6.32. The molecule has 2 N–H and O–H groups in total. The number of nitrogens with two attached hydrogens (primary N) is 1. The minimum atomic E-state index is -4.13. The van der Waals surface area contributed by atoms with Crippen LogP contribution < -0.4 is 5.73 Å². The molecule has 2 nitrogen and oxygen atoms in total. The van der Waals surface area contributed by atoms with Crippen LogP contribution in [0.1, 0.15) is 55.2 Å². The fourth-order valence-electron chi connectivity index (χ4n) is 3.00. The zero-order chi connectivity index (χ0) is 13.5. The van der Waals surface area contributed by atoms with Crippen molar-refractivity contribution in [3.05, 3.63) is 23.0 Å². The number of fused-ring (bicyclic) bond motifs is 1. The van der Waals surface area contributed by atoms with E-state index >= 15 is 0 Å². The smallest absolute Gasteiger partial charge is 0.345 e. The van der Waals surface area contributed by atoms with E-state index in [1.54, 1.807) is 6.92 Å². The molecule has 0 aromatic carbocycles. The summed E-state index contributed by atoms with van der Waals surface area (Å²) in [4.78, 5) is 0. The predicted octanol–water partition coefficient (Wildman–Crippen LogP) is 3.65. The van der Waals surface area contributed by atoms with E-state index in [0.29, 0.717) is 0 Å². The van der Waals surface area contributed by atoms with Crippen molar-refractivity contribution in [2.75, 3.05) is 0 Å². The van der Waals surface area contributed by atoms with Crippen LogP contribution in [0.2, 0.25) is 0 Å². The van der Waals surface area contributed by atoms with Gasteiger partial charge in [0.2, 0.25) is 0 Å². The lowest BCUT2D eigenvalue weighted by atomic mass is 9.93. The van der Waals surface area contributed by atoms with Gasteiger partial charge in [-0.15, -0.1) is 0 Å². The fraction of sp³-hybridized carbons (Fsp3) is 0.692. The second-order valence-electron chi connectivity index (χ2n) is 5.22. The maximum absolute atomic E-state index is 12.5. The molecule has 0 fully saturated rings. The average Bonchev–Trinajstić information content (AvgIpc) is 2.53. The second-order valence-corrected chi connectivity index (χ2v) is 5.22. The fourth-order valence-corrected chi connectivity index (χ4v) is 3.00. The van der Waals surface area contributed by atoms with E-state index < -0.39 is 18.6 Å². The Morgan fingerprint density at radius 2 is 2.17 bits per heavy atom. The Balaban J connectivity index is 2.33. The maximum atomic E-state index is 12.5. The van der Waals surface area contributed by atoms with Crippen molar-refractivity contribution >= 4 is 0 Å². The van der Waals surface area contributed by atoms with Crippen LogP contribution in [0.5, 0.6) is 0 Å². The molecule has 0 saturated heterocycles. The van der Waals surface area contributed by atoms with Gasteiger partial charge in [0.25, 0.3) is 0 Å². The van der Waals surface area contributed by atoms with Crippen LogP contribution in [-0.4, -0.2) is 10.7 Å². The van der Waals surface area contributed by atoms with E-state index in [9.17, 15) is 13.2 Å². The lowest BCUT2D eigenvalue weighted by Crippen LogP contribution is -2.22. The maximum Gasteiger partial charge on any atom is 0.391 e. The molecule has 0 saturated carbocycles. The molecule has 102 valence electrons. The highest BCUT2D eigenvalue weighted by atomic mass is 19.4. The van der Waals surface area contributed by atoms with Crippen LogP contribution in [0.3, 0.4) is 0 Å². The van der Waals surface area contributed by atoms with Gasteiger partial charge in [0.05, 0.1) is 6.42 Å². The molecular weight excluding hydrogens is 241 g/mol. The number of alkyl halides is 3. The van der Waals surface area contributed by atoms with Gasteiger partial charge in [0.15, 0.2) is 0 Å². The molecule has 0 radical (unpaired) electrons. The van der Waals surface area contributed by atoms with Crippen molar-refractivity contribution in [2.45, 2.75) is 57.8 Å². The second kappa shape index (κ2) is 4.61. The van der Waals surface area contributed by atoms with Crippen molar-refractivity contribution < 1.29 is 13.2 Å². The van der Waals surface area contributed by atoms with Crippen molar-refractivity contribution in [3.63, 3.8) is 0 Å². The zero-order valence-corrected chi connectivity index (χ0v) is 10.7. The first-order chi connectivity index (χ1) is 8.29. The summed E-state index contributed by atoms with van der Waals surface area (Å²) in [5.74, 6) is 0. The topological polar surface area (TPSA) is 30.9 Å². The zero-order valence-electron chi connectivity index (χ0n) is 10.7. The Kier molecular flexibility index (Phi) is 3.45. The van der Waals surface area contributed by atoms with Gasteiger partial charge in [-0.2, -0.15) is 13.2 Å². The number of rotatable bonds is 2. The molecule has 0 amide bonds. The Morgan fingerprint density at radius 1 is 1.50 bits per heavy atom. The monoisotopic (exact) mass is 260 g/mol. The van der Waals surface area contributed by atoms with E-state index in [0.717, 1.165) is 36.2 Å². The third-order valence-electron chi connectivity index (χ3n) is 3.66. The van der Waals surface area contributed by atoms with E-state index in [2.05, 4.69) is 0 Å². The molecule has 2 atom stereocenters. The van der Waals surface area contributed by atoms with Gasteiger partial charge in [-0.3, -0.25) is 0 Å². The van der Waals surface area contributed by atoms with Gasteiger partial charge in [0, 0.05) is 23.5 Å². The van der Waals surface area contributed by atoms with Crippen LogP contribution in [0.4, 0.5) is 13.2 Å². The van der Waals surface area contributed by atoms with Crippen LogP contribution in [0.15, 0.2) is 6.07 Å². The predicted molar refractivity (Wildman–Crippen MR) is 64.4 cm³/mol. The summed E-state index contributed by atoms with van der Waals surface area (Å²) < 4.78 is 39.3. The molecule has 1 aromatic rings. The Morgan fingerprint density at radius 3 is 2.78 bits per heavy atom. The van der Waals surface area contributed by atoms with Gasteiger partial charge >= 0.3 is 6.18 Å². The van der Waals surface area contributed by atoms with Crippen molar-refractivity contribution in [2.24, 2.45) is 5.73 Å². The first kappa shape index (κ1) is 13.5. The molecule has 1 aromatic heterocycles. The van der Waals surface area contributed by atoms with E-state index in [4.69, 9.17) is 5.73 Å². The largest absolute Gasteiger partial charge is 0.391 e. The summed E-state index contributed by atoms with van der Waals surface area (Å²) in [5, 5.41) is 0. The lowest BCUT2D eigenvalue weighted by molar-refractivity contribution is -0.141. The molecule has 0 spiro atoms. The van der Waals surface area contributed by atoms with Crippen LogP contribution >= 0.6 is 0 Å². The van der Waals surface area contributed by atoms with E-state index in [-0.39, 0.29) is 6.04 Å². The Labute approximate surface area is 105 Å². The number of hydrogen-bond acceptors (Lipinski definition) is 1. The molecule has 0 aliphatic heterocycles. The quantitative estimate of drug-likeness (QED) is 0.864. The molecule has 2 rings (SSSR count). The van der Waals surface area contributed by atoms with Crippen LogP contribution in [0, 0.1) is 6.92 Å². The summed E-state index contributed by atoms with van der Waals surface area (Å²) in [5.41, 5.74) is 8.94. The minimum absolute atomic E-state index is 0.0215. The van der Waals surface area contributed by atoms with Gasteiger partial charge in [0.1, 0.15) is 0 Å². The molecule has 2 unspecified atom stereocenters. The minimum Gasteiger partial charge on any atom is -0.345 e. The third kappa shape index (κ3) is 2.55. The van der Waals surface area contributed by atoms with Crippen molar-refractivity contribution in [1.82, 2.24) is 4.57 Å². The van der Waals surface area contributed by atoms with Crippen molar-refractivity contribution in [3.8, 4) is 0 Å². The van der Waals surface area contributed by atoms with Crippen molar-refractivity contribution in [1.29, 1.82) is 0 Å². The SMILES string of the molecule is Cc1cc2c(n1C(C)CC(F)(F)F)CCCC2N. The third-order valence-corrected chi connectivity index (χ3v) is 3.66. The standard InChI is InChI=1S/C13H19F3N2/c1-8-6-10-11(17)4-3-5-12(10)18(8)9(2)7-13(14,15)16/h6,9,11H,3-5,7,17H2,1-2H3. The molecule has 1 heterocycles. The Bertz CT molecular complexity index is 434. The summed E-state index contributed by atoms with van der Waals surface area (Å²) in [7, 11) is 0. The summed E-state index contributed by atoms with van der Waals surface area (Å²) in [6.07, 6.45) is -2.20. The van der Waals surface area contributed by atoms with Crippen LogP contribution in [0.25, 0.3) is 0 Å². The normalized spacial score (nSPS) is 21.8. The molecule has 1 aliphatic rings. The number of halogens is 3. The Hall–Kier alpha value is -0.970. The first-order valence-corrected chi connectivity index (χ1v) is 6.32. The van der Waals surface area contributed by atoms with Gasteiger partial charge < -0.3 is 10.3 Å². The molecule has 18 heavy (non-hydrogen) atoms.